The van der Waals surface area contributed by atoms with Crippen LogP contribution in [0.25, 0.3) is 0 Å². The van der Waals surface area contributed by atoms with Gasteiger partial charge in [-0.15, -0.1) is 0 Å². The van der Waals surface area contributed by atoms with Gasteiger partial charge in [-0.2, -0.15) is 0 Å². The van der Waals surface area contributed by atoms with E-state index in [1.165, 1.54) is 24.9 Å². The molecule has 2 heterocycles. The fourth-order valence-corrected chi connectivity index (χ4v) is 3.07. The standard InChI is InChI=1S/C17H31N3O/c1-14(2)10-18-11-15-7-9-21-17(15)13-20-8-5-6-16(20)12-19(3)4/h7,9,14,16,18H,5-6,8,10-13H2,1-4H3. The van der Waals surface area contributed by atoms with Gasteiger partial charge in [0.1, 0.15) is 5.76 Å². The number of furan rings is 1. The normalized spacial score (nSPS) is 20.0. The number of likely N-dealkylation sites (tertiary alicyclic amines) is 1. The first kappa shape index (κ1) is 16.5. The smallest absolute Gasteiger partial charge is 0.122 e. The predicted octanol–water partition coefficient (Wildman–Crippen LogP) is 2.55. The second kappa shape index (κ2) is 7.97. The summed E-state index contributed by atoms with van der Waals surface area (Å²) in [5.41, 5.74) is 1.31. The number of nitrogens with zero attached hydrogens (tertiary/aromatic N) is 2. The van der Waals surface area contributed by atoms with Crippen LogP contribution in [-0.4, -0.2) is 49.6 Å². The van der Waals surface area contributed by atoms with Crippen LogP contribution in [0.1, 0.15) is 38.0 Å². The lowest BCUT2D eigenvalue weighted by Crippen LogP contribution is -2.37. The van der Waals surface area contributed by atoms with Crippen LogP contribution >= 0.6 is 0 Å². The molecule has 4 nitrogen and oxygen atoms in total. The van der Waals surface area contributed by atoms with E-state index in [4.69, 9.17) is 4.42 Å². The molecule has 1 atom stereocenters. The molecule has 2 rings (SSSR count). The molecule has 1 N–H and O–H groups in total. The van der Waals surface area contributed by atoms with E-state index in [2.05, 4.69) is 49.1 Å². The molecule has 0 spiro atoms. The average Bonchev–Trinajstić information content (AvgIpc) is 3.00. The van der Waals surface area contributed by atoms with Crippen LogP contribution in [0.3, 0.4) is 0 Å². The van der Waals surface area contributed by atoms with Crippen molar-refractivity contribution in [3.8, 4) is 0 Å². The summed E-state index contributed by atoms with van der Waals surface area (Å²) >= 11 is 0. The minimum atomic E-state index is 0.668. The maximum Gasteiger partial charge on any atom is 0.122 e. The summed E-state index contributed by atoms with van der Waals surface area (Å²) in [7, 11) is 4.31. The number of likely N-dealkylation sites (N-methyl/N-ethyl adjacent to an activating group) is 1. The van der Waals surface area contributed by atoms with E-state index in [9.17, 15) is 0 Å². The molecule has 4 heteroatoms. The summed E-state index contributed by atoms with van der Waals surface area (Å²) in [5.74, 6) is 1.82. The molecule has 21 heavy (non-hydrogen) atoms. The van der Waals surface area contributed by atoms with E-state index >= 15 is 0 Å². The Labute approximate surface area is 129 Å². The summed E-state index contributed by atoms with van der Waals surface area (Å²) in [6.07, 6.45) is 4.44. The summed E-state index contributed by atoms with van der Waals surface area (Å²) in [4.78, 5) is 4.86. The second-order valence-electron chi connectivity index (χ2n) is 6.92. The van der Waals surface area contributed by atoms with E-state index < -0.39 is 0 Å². The molecule has 1 aromatic heterocycles. The Hall–Kier alpha value is -0.840. The number of hydrogen-bond donors (Lipinski definition) is 1. The van der Waals surface area contributed by atoms with Gasteiger partial charge in [-0.1, -0.05) is 13.8 Å². The number of hydrogen-bond acceptors (Lipinski definition) is 4. The van der Waals surface area contributed by atoms with Gasteiger partial charge in [-0.3, -0.25) is 4.90 Å². The highest BCUT2D eigenvalue weighted by Crippen LogP contribution is 2.22. The number of nitrogens with one attached hydrogen (secondary N) is 1. The summed E-state index contributed by atoms with van der Waals surface area (Å²) in [6.45, 7) is 9.72. The Bertz CT molecular complexity index is 414. The quantitative estimate of drug-likeness (QED) is 0.798. The van der Waals surface area contributed by atoms with Crippen molar-refractivity contribution in [3.63, 3.8) is 0 Å². The SMILES string of the molecule is CC(C)CNCc1ccoc1CN1CCCC1CN(C)C. The van der Waals surface area contributed by atoms with E-state index in [0.717, 1.165) is 31.9 Å². The minimum absolute atomic E-state index is 0.668. The number of rotatable bonds is 8. The van der Waals surface area contributed by atoms with Gasteiger partial charge in [0.25, 0.3) is 0 Å². The van der Waals surface area contributed by atoms with Gasteiger partial charge in [-0.05, 0) is 52.0 Å². The van der Waals surface area contributed by atoms with Crippen LogP contribution in [0.15, 0.2) is 16.7 Å². The van der Waals surface area contributed by atoms with Crippen molar-refractivity contribution in [1.29, 1.82) is 0 Å². The fourth-order valence-electron chi connectivity index (χ4n) is 3.07. The monoisotopic (exact) mass is 293 g/mol. The van der Waals surface area contributed by atoms with Gasteiger partial charge in [0, 0.05) is 24.7 Å². The average molecular weight is 293 g/mol. The molecule has 1 aliphatic heterocycles. The first-order chi connectivity index (χ1) is 10.1. The summed E-state index contributed by atoms with van der Waals surface area (Å²) in [5, 5.41) is 3.51. The van der Waals surface area contributed by atoms with Crippen LogP contribution in [0, 0.1) is 5.92 Å². The Kier molecular flexibility index (Phi) is 6.27. The second-order valence-corrected chi connectivity index (χ2v) is 6.92. The van der Waals surface area contributed by atoms with Crippen molar-refractivity contribution in [2.24, 2.45) is 5.92 Å². The van der Waals surface area contributed by atoms with Gasteiger partial charge in [0.05, 0.1) is 12.8 Å². The summed E-state index contributed by atoms with van der Waals surface area (Å²) < 4.78 is 5.74. The fraction of sp³-hybridized carbons (Fsp3) is 0.765. The van der Waals surface area contributed by atoms with Gasteiger partial charge in [0.15, 0.2) is 0 Å². The van der Waals surface area contributed by atoms with Crippen molar-refractivity contribution in [2.75, 3.05) is 33.7 Å². The minimum Gasteiger partial charge on any atom is -0.468 e. The van der Waals surface area contributed by atoms with Crippen LogP contribution in [0.4, 0.5) is 0 Å². The lowest BCUT2D eigenvalue weighted by molar-refractivity contribution is 0.188. The molecular weight excluding hydrogens is 262 g/mol. The Balaban J connectivity index is 1.89. The van der Waals surface area contributed by atoms with E-state index in [1.54, 1.807) is 0 Å². The first-order valence-electron chi connectivity index (χ1n) is 8.21. The van der Waals surface area contributed by atoms with Crippen molar-refractivity contribution >= 4 is 0 Å². The third-order valence-electron chi connectivity index (χ3n) is 4.13. The molecule has 0 radical (unpaired) electrons. The highest BCUT2D eigenvalue weighted by atomic mass is 16.3. The molecule has 1 saturated heterocycles. The molecule has 0 bridgehead atoms. The first-order valence-corrected chi connectivity index (χ1v) is 8.21. The molecular formula is C17H31N3O. The van der Waals surface area contributed by atoms with Gasteiger partial charge < -0.3 is 14.6 Å². The Morgan fingerprint density at radius 3 is 2.95 bits per heavy atom. The Morgan fingerprint density at radius 1 is 1.43 bits per heavy atom. The van der Waals surface area contributed by atoms with Gasteiger partial charge in [0.2, 0.25) is 0 Å². The topological polar surface area (TPSA) is 31.7 Å². The zero-order valence-electron chi connectivity index (χ0n) is 14.1. The maximum atomic E-state index is 5.74. The van der Waals surface area contributed by atoms with Crippen molar-refractivity contribution < 1.29 is 4.42 Å². The Morgan fingerprint density at radius 2 is 2.24 bits per heavy atom. The largest absolute Gasteiger partial charge is 0.468 e. The van der Waals surface area contributed by atoms with E-state index in [-0.39, 0.29) is 0 Å². The van der Waals surface area contributed by atoms with Crippen molar-refractivity contribution in [3.05, 3.63) is 23.7 Å². The third-order valence-corrected chi connectivity index (χ3v) is 4.13. The maximum absolute atomic E-state index is 5.74. The van der Waals surface area contributed by atoms with Crippen LogP contribution < -0.4 is 5.32 Å². The molecule has 1 aliphatic rings. The molecule has 0 aromatic carbocycles. The van der Waals surface area contributed by atoms with Crippen LogP contribution in [-0.2, 0) is 13.1 Å². The molecule has 120 valence electrons. The highest BCUT2D eigenvalue weighted by molar-refractivity contribution is 5.17. The molecule has 1 unspecified atom stereocenters. The lowest BCUT2D eigenvalue weighted by atomic mass is 10.2. The lowest BCUT2D eigenvalue weighted by Gasteiger charge is -2.26. The van der Waals surface area contributed by atoms with E-state index in [0.29, 0.717) is 12.0 Å². The van der Waals surface area contributed by atoms with Crippen molar-refractivity contribution in [2.45, 2.75) is 45.8 Å². The molecule has 1 fully saturated rings. The van der Waals surface area contributed by atoms with E-state index in [1.807, 2.05) is 6.26 Å². The molecule has 0 saturated carbocycles. The van der Waals surface area contributed by atoms with Crippen LogP contribution in [0.5, 0.6) is 0 Å². The molecule has 0 aliphatic carbocycles. The zero-order valence-corrected chi connectivity index (χ0v) is 14.1. The third kappa shape index (κ3) is 5.13. The zero-order chi connectivity index (χ0) is 15.2. The van der Waals surface area contributed by atoms with Gasteiger partial charge >= 0.3 is 0 Å². The van der Waals surface area contributed by atoms with Crippen molar-refractivity contribution in [1.82, 2.24) is 15.1 Å². The van der Waals surface area contributed by atoms with Crippen LogP contribution in [0.2, 0.25) is 0 Å². The summed E-state index contributed by atoms with van der Waals surface area (Å²) in [6, 6.07) is 2.78. The predicted molar refractivity (Wildman–Crippen MR) is 87.2 cm³/mol. The van der Waals surface area contributed by atoms with Gasteiger partial charge in [-0.25, -0.2) is 0 Å². The molecule has 1 aromatic rings. The highest BCUT2D eigenvalue weighted by Gasteiger charge is 2.26. The molecule has 0 amide bonds.